The third-order valence-corrected chi connectivity index (χ3v) is 3.66. The maximum absolute atomic E-state index is 6.04. The lowest BCUT2D eigenvalue weighted by atomic mass is 9.75. The highest BCUT2D eigenvalue weighted by Crippen LogP contribution is 2.34. The van der Waals surface area contributed by atoms with E-state index in [2.05, 4.69) is 19.2 Å². The molecule has 1 rings (SSSR count). The van der Waals surface area contributed by atoms with Crippen LogP contribution in [0.2, 0.25) is 0 Å². The maximum atomic E-state index is 6.04. The van der Waals surface area contributed by atoms with Gasteiger partial charge in [0, 0.05) is 18.1 Å². The van der Waals surface area contributed by atoms with Crippen molar-refractivity contribution in [1.29, 1.82) is 0 Å². The Hall–Kier alpha value is -0.0800. The molecule has 1 aliphatic rings. The largest absolute Gasteiger partial charge is 0.327 e. The van der Waals surface area contributed by atoms with Gasteiger partial charge in [0.25, 0.3) is 0 Å². The summed E-state index contributed by atoms with van der Waals surface area (Å²) in [5.41, 5.74) is 6.50. The molecule has 2 heteroatoms. The zero-order chi connectivity index (χ0) is 10.4. The smallest absolute Gasteiger partial charge is 0.0179 e. The summed E-state index contributed by atoms with van der Waals surface area (Å²) in [6.45, 7) is 5.51. The molecular weight excluding hydrogens is 172 g/mol. The normalized spacial score (nSPS) is 21.6. The van der Waals surface area contributed by atoms with Crippen LogP contribution in [0.25, 0.3) is 0 Å². The predicted octanol–water partition coefficient (Wildman–Crippen LogP) is 2.43. The van der Waals surface area contributed by atoms with Crippen LogP contribution in [0.1, 0.15) is 58.8 Å². The highest BCUT2D eigenvalue weighted by atomic mass is 15.0. The molecule has 0 amide bonds. The molecule has 0 aromatic carbocycles. The number of hydrogen-bond acceptors (Lipinski definition) is 2. The second-order valence-electron chi connectivity index (χ2n) is 4.77. The van der Waals surface area contributed by atoms with Crippen molar-refractivity contribution < 1.29 is 0 Å². The van der Waals surface area contributed by atoms with Crippen LogP contribution in [0.15, 0.2) is 0 Å². The summed E-state index contributed by atoms with van der Waals surface area (Å²) >= 11 is 0. The van der Waals surface area contributed by atoms with Gasteiger partial charge in [-0.25, -0.2) is 0 Å². The molecule has 0 aliphatic heterocycles. The van der Waals surface area contributed by atoms with E-state index >= 15 is 0 Å². The molecule has 0 bridgehead atoms. The molecule has 0 radical (unpaired) electrons. The van der Waals surface area contributed by atoms with Gasteiger partial charge in [-0.05, 0) is 32.1 Å². The summed E-state index contributed by atoms with van der Waals surface area (Å²) in [7, 11) is 0. The van der Waals surface area contributed by atoms with Gasteiger partial charge < -0.3 is 11.1 Å². The van der Waals surface area contributed by atoms with Crippen molar-refractivity contribution >= 4 is 0 Å². The van der Waals surface area contributed by atoms with Gasteiger partial charge in [0.1, 0.15) is 0 Å². The predicted molar refractivity (Wildman–Crippen MR) is 62.4 cm³/mol. The number of hydrogen-bond donors (Lipinski definition) is 2. The summed E-state index contributed by atoms with van der Waals surface area (Å²) in [5, 5.41) is 3.67. The van der Waals surface area contributed by atoms with Gasteiger partial charge in [-0.15, -0.1) is 0 Å². The standard InChI is InChI=1S/C12H26N2/c1-3-5-7-11(13)10-14-12(4-2)8-6-9-12/h11,14H,3-10,13H2,1-2H3. The van der Waals surface area contributed by atoms with Crippen LogP contribution < -0.4 is 11.1 Å². The molecule has 1 saturated carbocycles. The van der Waals surface area contributed by atoms with E-state index in [1.165, 1.54) is 44.9 Å². The van der Waals surface area contributed by atoms with Crippen LogP contribution in [-0.4, -0.2) is 18.1 Å². The summed E-state index contributed by atoms with van der Waals surface area (Å²) in [5.74, 6) is 0. The van der Waals surface area contributed by atoms with Gasteiger partial charge in [0.05, 0.1) is 0 Å². The lowest BCUT2D eigenvalue weighted by Crippen LogP contribution is -2.53. The molecular formula is C12H26N2. The first kappa shape index (κ1) is 12.0. The second kappa shape index (κ2) is 5.72. The molecule has 14 heavy (non-hydrogen) atoms. The van der Waals surface area contributed by atoms with Crippen molar-refractivity contribution in [3.8, 4) is 0 Å². The van der Waals surface area contributed by atoms with Gasteiger partial charge in [-0.1, -0.05) is 26.7 Å². The van der Waals surface area contributed by atoms with Crippen molar-refractivity contribution in [3.63, 3.8) is 0 Å². The summed E-state index contributed by atoms with van der Waals surface area (Å²) in [6.07, 6.45) is 9.05. The quantitative estimate of drug-likeness (QED) is 0.659. The summed E-state index contributed by atoms with van der Waals surface area (Å²) in [6, 6.07) is 0.360. The molecule has 1 aliphatic carbocycles. The number of unbranched alkanes of at least 4 members (excludes halogenated alkanes) is 1. The fourth-order valence-corrected chi connectivity index (χ4v) is 2.17. The fraction of sp³-hybridized carbons (Fsp3) is 1.00. The van der Waals surface area contributed by atoms with Crippen LogP contribution in [0, 0.1) is 0 Å². The zero-order valence-corrected chi connectivity index (χ0v) is 9.81. The molecule has 1 fully saturated rings. The molecule has 2 nitrogen and oxygen atoms in total. The molecule has 3 N–H and O–H groups in total. The van der Waals surface area contributed by atoms with Crippen LogP contribution >= 0.6 is 0 Å². The number of rotatable bonds is 7. The van der Waals surface area contributed by atoms with Crippen LogP contribution in [-0.2, 0) is 0 Å². The number of nitrogens with two attached hydrogens (primary N) is 1. The van der Waals surface area contributed by atoms with Crippen molar-refractivity contribution in [2.75, 3.05) is 6.54 Å². The van der Waals surface area contributed by atoms with E-state index in [0.29, 0.717) is 11.6 Å². The van der Waals surface area contributed by atoms with Crippen molar-refractivity contribution in [1.82, 2.24) is 5.32 Å². The SMILES string of the molecule is CCCCC(N)CNC1(CC)CCC1. The highest BCUT2D eigenvalue weighted by Gasteiger charge is 2.34. The first-order valence-corrected chi connectivity index (χ1v) is 6.23. The van der Waals surface area contributed by atoms with Gasteiger partial charge >= 0.3 is 0 Å². The molecule has 0 aromatic rings. The Morgan fingerprint density at radius 2 is 2.07 bits per heavy atom. The average Bonchev–Trinajstić information content (AvgIpc) is 2.14. The monoisotopic (exact) mass is 198 g/mol. The van der Waals surface area contributed by atoms with E-state index < -0.39 is 0 Å². The van der Waals surface area contributed by atoms with E-state index in [1.807, 2.05) is 0 Å². The Bertz CT molecular complexity index is 147. The molecule has 0 heterocycles. The minimum atomic E-state index is 0.360. The lowest BCUT2D eigenvalue weighted by Gasteiger charge is -2.43. The molecule has 84 valence electrons. The topological polar surface area (TPSA) is 38.0 Å². The summed E-state index contributed by atoms with van der Waals surface area (Å²) in [4.78, 5) is 0. The second-order valence-corrected chi connectivity index (χ2v) is 4.77. The highest BCUT2D eigenvalue weighted by molar-refractivity contribution is 4.95. The van der Waals surface area contributed by atoms with E-state index in [1.54, 1.807) is 0 Å². The Labute approximate surface area is 88.6 Å². The van der Waals surface area contributed by atoms with E-state index in [9.17, 15) is 0 Å². The minimum absolute atomic E-state index is 0.360. The third kappa shape index (κ3) is 3.25. The Morgan fingerprint density at radius 1 is 1.36 bits per heavy atom. The Balaban J connectivity index is 2.12. The van der Waals surface area contributed by atoms with Crippen LogP contribution in [0.4, 0.5) is 0 Å². The number of nitrogens with one attached hydrogen (secondary N) is 1. The maximum Gasteiger partial charge on any atom is 0.0179 e. The summed E-state index contributed by atoms with van der Waals surface area (Å²) < 4.78 is 0. The van der Waals surface area contributed by atoms with Gasteiger partial charge in [-0.2, -0.15) is 0 Å². The van der Waals surface area contributed by atoms with Gasteiger partial charge in [-0.3, -0.25) is 0 Å². The first-order valence-electron chi connectivity index (χ1n) is 6.23. The molecule has 0 saturated heterocycles. The van der Waals surface area contributed by atoms with Crippen molar-refractivity contribution in [2.24, 2.45) is 5.73 Å². The van der Waals surface area contributed by atoms with Gasteiger partial charge in [0.2, 0.25) is 0 Å². The van der Waals surface area contributed by atoms with E-state index in [4.69, 9.17) is 5.73 Å². The van der Waals surface area contributed by atoms with Crippen molar-refractivity contribution in [3.05, 3.63) is 0 Å². The molecule has 1 atom stereocenters. The minimum Gasteiger partial charge on any atom is -0.327 e. The Morgan fingerprint density at radius 3 is 2.50 bits per heavy atom. The zero-order valence-electron chi connectivity index (χ0n) is 9.81. The molecule has 0 aromatic heterocycles. The molecule has 0 spiro atoms. The lowest BCUT2D eigenvalue weighted by molar-refractivity contribution is 0.173. The van der Waals surface area contributed by atoms with Crippen molar-refractivity contribution in [2.45, 2.75) is 70.4 Å². The van der Waals surface area contributed by atoms with E-state index in [-0.39, 0.29) is 0 Å². The van der Waals surface area contributed by atoms with Crippen LogP contribution in [0.5, 0.6) is 0 Å². The molecule has 1 unspecified atom stereocenters. The fourth-order valence-electron chi connectivity index (χ4n) is 2.17. The Kier molecular flexibility index (Phi) is 4.90. The first-order chi connectivity index (χ1) is 6.72. The average molecular weight is 198 g/mol. The van der Waals surface area contributed by atoms with E-state index in [0.717, 1.165) is 6.54 Å². The van der Waals surface area contributed by atoms with Crippen LogP contribution in [0.3, 0.4) is 0 Å². The third-order valence-electron chi connectivity index (χ3n) is 3.66. The van der Waals surface area contributed by atoms with Gasteiger partial charge in [0.15, 0.2) is 0 Å².